The third kappa shape index (κ3) is 4.30. The largest absolute Gasteiger partial charge is 0.366 e. The van der Waals surface area contributed by atoms with E-state index in [-0.39, 0.29) is 0 Å². The van der Waals surface area contributed by atoms with Crippen molar-refractivity contribution >= 4 is 0 Å². The SMILES string of the molecule is C=C(CCC)C1=CN2C(CC1=C)c1cc(CC)c(CCc3ccccc3)cc1C1CCCCC12. The Hall–Kier alpha value is -2.54. The van der Waals surface area contributed by atoms with Gasteiger partial charge in [0.05, 0.1) is 6.04 Å². The summed E-state index contributed by atoms with van der Waals surface area (Å²) >= 11 is 0. The lowest BCUT2D eigenvalue weighted by Gasteiger charge is -2.52. The molecule has 1 saturated carbocycles. The predicted molar refractivity (Wildman–Crippen MR) is 145 cm³/mol. The Labute approximate surface area is 207 Å². The van der Waals surface area contributed by atoms with Crippen molar-refractivity contribution in [3.8, 4) is 0 Å². The lowest BCUT2D eigenvalue weighted by atomic mass is 9.69. The number of hydrogen-bond acceptors (Lipinski definition) is 1. The molecule has 5 rings (SSSR count). The van der Waals surface area contributed by atoms with Crippen molar-refractivity contribution in [3.63, 3.8) is 0 Å². The zero-order valence-electron chi connectivity index (χ0n) is 21.3. The van der Waals surface area contributed by atoms with E-state index in [1.54, 1.807) is 22.3 Å². The van der Waals surface area contributed by atoms with Crippen LogP contribution >= 0.6 is 0 Å². The van der Waals surface area contributed by atoms with Gasteiger partial charge in [-0.1, -0.05) is 88.7 Å². The average Bonchev–Trinajstić information content (AvgIpc) is 2.87. The molecule has 0 amide bonds. The minimum absolute atomic E-state index is 0.438. The quantitative estimate of drug-likeness (QED) is 0.407. The Morgan fingerprint density at radius 1 is 0.971 bits per heavy atom. The van der Waals surface area contributed by atoms with Gasteiger partial charge in [-0.3, -0.25) is 0 Å². The topological polar surface area (TPSA) is 3.24 Å². The van der Waals surface area contributed by atoms with Crippen LogP contribution in [0.1, 0.15) is 98.6 Å². The number of aryl methyl sites for hydroxylation is 3. The van der Waals surface area contributed by atoms with Crippen LogP contribution in [0.25, 0.3) is 0 Å². The first-order valence-electron chi connectivity index (χ1n) is 13.7. The summed E-state index contributed by atoms with van der Waals surface area (Å²) in [6.45, 7) is 13.5. The van der Waals surface area contributed by atoms with Gasteiger partial charge < -0.3 is 4.90 Å². The first kappa shape index (κ1) is 23.2. The molecule has 2 aromatic rings. The molecule has 0 aromatic heterocycles. The van der Waals surface area contributed by atoms with Crippen molar-refractivity contribution in [2.45, 2.75) is 96.1 Å². The highest BCUT2D eigenvalue weighted by Crippen LogP contribution is 2.52. The molecule has 3 aliphatic rings. The maximum Gasteiger partial charge on any atom is 0.0583 e. The highest BCUT2D eigenvalue weighted by atomic mass is 15.2. The Balaban J connectivity index is 1.53. The smallest absolute Gasteiger partial charge is 0.0583 e. The van der Waals surface area contributed by atoms with Crippen LogP contribution in [0.2, 0.25) is 0 Å². The van der Waals surface area contributed by atoms with Gasteiger partial charge >= 0.3 is 0 Å². The zero-order valence-corrected chi connectivity index (χ0v) is 21.3. The van der Waals surface area contributed by atoms with E-state index in [4.69, 9.17) is 0 Å². The molecule has 3 atom stereocenters. The molecule has 0 N–H and O–H groups in total. The monoisotopic (exact) mass is 451 g/mol. The lowest BCUT2D eigenvalue weighted by Crippen LogP contribution is -2.46. The van der Waals surface area contributed by atoms with Gasteiger partial charge in [-0.2, -0.15) is 0 Å². The molecular formula is C33H41N. The van der Waals surface area contributed by atoms with E-state index >= 15 is 0 Å². The highest BCUT2D eigenvalue weighted by Gasteiger charge is 2.43. The van der Waals surface area contributed by atoms with E-state index in [2.05, 4.69) is 80.6 Å². The first-order valence-corrected chi connectivity index (χ1v) is 13.7. The van der Waals surface area contributed by atoms with E-state index in [1.807, 2.05) is 0 Å². The van der Waals surface area contributed by atoms with E-state index < -0.39 is 0 Å². The van der Waals surface area contributed by atoms with Crippen molar-refractivity contribution in [3.05, 3.63) is 106 Å². The molecule has 1 aliphatic carbocycles. The second-order valence-corrected chi connectivity index (χ2v) is 10.7. The molecule has 0 spiro atoms. The minimum atomic E-state index is 0.438. The summed E-state index contributed by atoms with van der Waals surface area (Å²) in [4.78, 5) is 2.75. The third-order valence-electron chi connectivity index (χ3n) is 8.57. The molecule has 2 aromatic carbocycles. The van der Waals surface area contributed by atoms with Gasteiger partial charge in [0.25, 0.3) is 0 Å². The molecule has 3 unspecified atom stereocenters. The first-order chi connectivity index (χ1) is 16.6. The number of fused-ring (bicyclic) bond motifs is 6. The fourth-order valence-corrected chi connectivity index (χ4v) is 6.81. The minimum Gasteiger partial charge on any atom is -0.366 e. The molecule has 0 radical (unpaired) electrons. The Kier molecular flexibility index (Phi) is 6.82. The summed E-state index contributed by atoms with van der Waals surface area (Å²) < 4.78 is 0. The van der Waals surface area contributed by atoms with Crippen molar-refractivity contribution in [1.29, 1.82) is 0 Å². The molecule has 1 fully saturated rings. The summed E-state index contributed by atoms with van der Waals surface area (Å²) in [5, 5.41) is 0. The van der Waals surface area contributed by atoms with Crippen LogP contribution in [0.5, 0.6) is 0 Å². The highest BCUT2D eigenvalue weighted by molar-refractivity contribution is 5.52. The molecule has 0 bridgehead atoms. The van der Waals surface area contributed by atoms with Crippen LogP contribution in [0.3, 0.4) is 0 Å². The fourth-order valence-electron chi connectivity index (χ4n) is 6.81. The predicted octanol–water partition coefficient (Wildman–Crippen LogP) is 8.62. The van der Waals surface area contributed by atoms with E-state index in [0.717, 1.165) is 38.5 Å². The summed E-state index contributed by atoms with van der Waals surface area (Å²) in [7, 11) is 0. The van der Waals surface area contributed by atoms with E-state index in [0.29, 0.717) is 18.0 Å². The van der Waals surface area contributed by atoms with Gasteiger partial charge in [0, 0.05) is 18.2 Å². The second-order valence-electron chi connectivity index (χ2n) is 10.7. The molecular weight excluding hydrogens is 410 g/mol. The molecule has 34 heavy (non-hydrogen) atoms. The van der Waals surface area contributed by atoms with Crippen LogP contribution in [0.15, 0.2) is 78.5 Å². The number of hydrogen-bond donors (Lipinski definition) is 0. The van der Waals surface area contributed by atoms with Gasteiger partial charge in [0.15, 0.2) is 0 Å². The zero-order chi connectivity index (χ0) is 23.7. The maximum atomic E-state index is 4.53. The normalized spacial score (nSPS) is 23.6. The average molecular weight is 452 g/mol. The van der Waals surface area contributed by atoms with E-state index in [9.17, 15) is 0 Å². The molecule has 178 valence electrons. The van der Waals surface area contributed by atoms with Crippen LogP contribution in [0, 0.1) is 0 Å². The summed E-state index contributed by atoms with van der Waals surface area (Å²) in [6, 6.07) is 17.3. The van der Waals surface area contributed by atoms with Crippen LogP contribution in [-0.4, -0.2) is 10.9 Å². The Bertz CT molecular complexity index is 1090. The molecule has 0 saturated heterocycles. The standard InChI is InChI=1S/C33H41N/c1-5-12-23(3)31-22-34-32-16-11-10-15-28(32)29-21-27(18-17-25-13-8-7-9-14-25)26(6-2)20-30(29)33(34)19-24(31)4/h7-9,13-14,20-22,28,32-33H,3-6,10-12,15-19H2,1-2H3. The molecule has 1 nitrogen and oxygen atoms in total. The van der Waals surface area contributed by atoms with Crippen molar-refractivity contribution < 1.29 is 0 Å². The van der Waals surface area contributed by atoms with Crippen LogP contribution < -0.4 is 0 Å². The number of rotatable bonds is 7. The van der Waals surface area contributed by atoms with Crippen LogP contribution in [0.4, 0.5) is 0 Å². The van der Waals surface area contributed by atoms with Gasteiger partial charge in [0.2, 0.25) is 0 Å². The molecule has 2 aliphatic heterocycles. The second kappa shape index (κ2) is 9.98. The Morgan fingerprint density at radius 3 is 2.50 bits per heavy atom. The van der Waals surface area contributed by atoms with Crippen molar-refractivity contribution in [2.24, 2.45) is 0 Å². The molecule has 2 heterocycles. The Morgan fingerprint density at radius 2 is 1.74 bits per heavy atom. The fraction of sp³-hybridized carbons (Fsp3) is 0.455. The molecule has 1 heteroatoms. The van der Waals surface area contributed by atoms with Gasteiger partial charge in [-0.25, -0.2) is 0 Å². The van der Waals surface area contributed by atoms with Gasteiger partial charge in [-0.05, 0) is 89.5 Å². The van der Waals surface area contributed by atoms with E-state index in [1.165, 1.54) is 48.0 Å². The van der Waals surface area contributed by atoms with Crippen molar-refractivity contribution in [1.82, 2.24) is 4.90 Å². The summed E-state index contributed by atoms with van der Waals surface area (Å²) in [6.07, 6.45) is 14.4. The maximum absolute atomic E-state index is 4.53. The lowest BCUT2D eigenvalue weighted by molar-refractivity contribution is 0.117. The number of allylic oxidation sites excluding steroid dienone is 2. The number of nitrogens with zero attached hydrogens (tertiary/aromatic N) is 1. The van der Waals surface area contributed by atoms with Gasteiger partial charge in [-0.15, -0.1) is 0 Å². The summed E-state index contributed by atoms with van der Waals surface area (Å²) in [5.41, 5.74) is 11.7. The third-order valence-corrected chi connectivity index (χ3v) is 8.57. The van der Waals surface area contributed by atoms with Crippen molar-refractivity contribution in [2.75, 3.05) is 0 Å². The number of benzene rings is 2. The van der Waals surface area contributed by atoms with Gasteiger partial charge in [0.1, 0.15) is 0 Å². The van der Waals surface area contributed by atoms with Crippen LogP contribution in [-0.2, 0) is 19.3 Å². The summed E-state index contributed by atoms with van der Waals surface area (Å²) in [5.74, 6) is 0.657.